The Hall–Kier alpha value is -1.51. The lowest BCUT2D eigenvalue weighted by atomic mass is 9.79. The van der Waals surface area contributed by atoms with Gasteiger partial charge in [0, 0.05) is 0 Å². The Bertz CT molecular complexity index is 475. The van der Waals surface area contributed by atoms with Gasteiger partial charge >= 0.3 is 5.97 Å². The second-order valence-electron chi connectivity index (χ2n) is 5.68. The average molecular weight is 276 g/mol. The van der Waals surface area contributed by atoms with Crippen molar-refractivity contribution in [2.24, 2.45) is 5.41 Å². The highest BCUT2D eigenvalue weighted by molar-refractivity contribution is 5.74. The summed E-state index contributed by atoms with van der Waals surface area (Å²) in [5.74, 6) is 0.164. The van der Waals surface area contributed by atoms with Gasteiger partial charge in [0.15, 0.2) is 0 Å². The maximum absolute atomic E-state index is 11.4. The van der Waals surface area contributed by atoms with Crippen LogP contribution in [0.2, 0.25) is 0 Å². The van der Waals surface area contributed by atoms with Gasteiger partial charge in [-0.05, 0) is 61.8 Å². The van der Waals surface area contributed by atoms with Crippen molar-refractivity contribution in [3.05, 3.63) is 29.3 Å². The van der Waals surface area contributed by atoms with Gasteiger partial charge in [0.2, 0.25) is 0 Å². The lowest BCUT2D eigenvalue weighted by Gasteiger charge is -2.26. The molecule has 0 atom stereocenters. The number of carboxylic acids is 1. The van der Waals surface area contributed by atoms with Crippen LogP contribution in [0, 0.1) is 5.41 Å². The van der Waals surface area contributed by atoms with E-state index in [1.807, 2.05) is 19.9 Å². The Labute approximate surface area is 121 Å². The number of carbonyl (C=O) groups is 1. The summed E-state index contributed by atoms with van der Waals surface area (Å²) in [5, 5.41) is 9.39. The fourth-order valence-electron chi connectivity index (χ4n) is 3.02. The molecule has 1 aliphatic carbocycles. The van der Waals surface area contributed by atoms with E-state index < -0.39 is 11.4 Å². The molecule has 20 heavy (non-hydrogen) atoms. The minimum Gasteiger partial charge on any atom is -0.494 e. The average Bonchev–Trinajstić information content (AvgIpc) is 2.91. The number of aryl methyl sites for hydroxylation is 2. The molecule has 0 aliphatic heterocycles. The molecule has 0 unspecified atom stereocenters. The Morgan fingerprint density at radius 3 is 2.60 bits per heavy atom. The predicted molar refractivity (Wildman–Crippen MR) is 79.2 cm³/mol. The van der Waals surface area contributed by atoms with Crippen molar-refractivity contribution in [3.8, 4) is 5.75 Å². The molecular weight excluding hydrogens is 252 g/mol. The molecular formula is C17H24O3. The van der Waals surface area contributed by atoms with Crippen LogP contribution in [-0.4, -0.2) is 17.7 Å². The van der Waals surface area contributed by atoms with Crippen molar-refractivity contribution in [2.45, 2.75) is 52.4 Å². The highest BCUT2D eigenvalue weighted by Crippen LogP contribution is 2.32. The van der Waals surface area contributed by atoms with Crippen molar-refractivity contribution in [1.82, 2.24) is 0 Å². The van der Waals surface area contributed by atoms with Crippen LogP contribution in [0.1, 0.15) is 50.7 Å². The Kier molecular flexibility index (Phi) is 4.69. The van der Waals surface area contributed by atoms with E-state index in [2.05, 4.69) is 12.1 Å². The van der Waals surface area contributed by atoms with Crippen molar-refractivity contribution < 1.29 is 14.6 Å². The first-order valence-corrected chi connectivity index (χ1v) is 7.59. The molecule has 1 aromatic rings. The number of hydrogen-bond donors (Lipinski definition) is 1. The minimum atomic E-state index is -0.708. The van der Waals surface area contributed by atoms with Crippen LogP contribution in [-0.2, 0) is 17.6 Å². The van der Waals surface area contributed by atoms with Gasteiger partial charge in [-0.1, -0.05) is 19.9 Å². The Morgan fingerprint density at radius 1 is 1.25 bits per heavy atom. The van der Waals surface area contributed by atoms with Crippen LogP contribution < -0.4 is 4.74 Å². The van der Waals surface area contributed by atoms with E-state index in [1.54, 1.807) is 0 Å². The lowest BCUT2D eigenvalue weighted by molar-refractivity contribution is -0.150. The molecule has 1 aliphatic rings. The Balaban J connectivity index is 1.94. The summed E-state index contributed by atoms with van der Waals surface area (Å²) in [7, 11) is 0. The summed E-state index contributed by atoms with van der Waals surface area (Å²) < 4.78 is 5.78. The number of fused-ring (bicyclic) bond motifs is 1. The normalized spacial score (nSPS) is 14.1. The molecule has 0 amide bonds. The van der Waals surface area contributed by atoms with Crippen molar-refractivity contribution >= 4 is 5.97 Å². The van der Waals surface area contributed by atoms with E-state index in [1.165, 1.54) is 24.0 Å². The first-order chi connectivity index (χ1) is 9.61. The molecule has 1 N–H and O–H groups in total. The van der Waals surface area contributed by atoms with Crippen LogP contribution in [0.3, 0.4) is 0 Å². The number of hydrogen-bond acceptors (Lipinski definition) is 2. The van der Waals surface area contributed by atoms with Crippen LogP contribution in [0.5, 0.6) is 5.75 Å². The van der Waals surface area contributed by atoms with Gasteiger partial charge in [-0.2, -0.15) is 0 Å². The molecule has 1 aromatic carbocycles. The SMILES string of the molecule is CCC(CC)(CCOc1ccc2c(c1)CCC2)C(=O)O. The monoisotopic (exact) mass is 276 g/mol. The fourth-order valence-corrected chi connectivity index (χ4v) is 3.02. The van der Waals surface area contributed by atoms with E-state index in [4.69, 9.17) is 4.74 Å². The topological polar surface area (TPSA) is 46.5 Å². The van der Waals surface area contributed by atoms with E-state index in [0.717, 1.165) is 12.2 Å². The molecule has 0 fully saturated rings. The smallest absolute Gasteiger partial charge is 0.309 e. The zero-order valence-corrected chi connectivity index (χ0v) is 12.4. The molecule has 0 bridgehead atoms. The summed E-state index contributed by atoms with van der Waals surface area (Å²) in [6.45, 7) is 4.34. The van der Waals surface area contributed by atoms with E-state index in [9.17, 15) is 9.90 Å². The van der Waals surface area contributed by atoms with Crippen molar-refractivity contribution in [2.75, 3.05) is 6.61 Å². The van der Waals surface area contributed by atoms with Gasteiger partial charge in [-0.25, -0.2) is 0 Å². The van der Waals surface area contributed by atoms with Crippen LogP contribution >= 0.6 is 0 Å². The summed E-state index contributed by atoms with van der Waals surface area (Å²) in [6, 6.07) is 6.26. The summed E-state index contributed by atoms with van der Waals surface area (Å²) in [6.07, 6.45) is 5.39. The first-order valence-electron chi connectivity index (χ1n) is 7.59. The molecule has 0 saturated carbocycles. The zero-order valence-electron chi connectivity index (χ0n) is 12.4. The molecule has 0 heterocycles. The molecule has 110 valence electrons. The first kappa shape index (κ1) is 14.9. The molecule has 2 rings (SSSR count). The molecule has 0 radical (unpaired) electrons. The number of aliphatic carboxylic acids is 1. The van der Waals surface area contributed by atoms with Gasteiger partial charge in [0.25, 0.3) is 0 Å². The lowest BCUT2D eigenvalue weighted by Crippen LogP contribution is -2.31. The third-order valence-electron chi connectivity index (χ3n) is 4.73. The maximum atomic E-state index is 11.4. The summed E-state index contributed by atoms with van der Waals surface area (Å²) >= 11 is 0. The van der Waals surface area contributed by atoms with Gasteiger partial charge in [-0.3, -0.25) is 4.79 Å². The van der Waals surface area contributed by atoms with Crippen molar-refractivity contribution in [1.29, 1.82) is 0 Å². The highest BCUT2D eigenvalue weighted by Gasteiger charge is 2.34. The predicted octanol–water partition coefficient (Wildman–Crippen LogP) is 3.84. The molecule has 0 saturated heterocycles. The highest BCUT2D eigenvalue weighted by atomic mass is 16.5. The third-order valence-corrected chi connectivity index (χ3v) is 4.73. The van der Waals surface area contributed by atoms with Gasteiger partial charge in [0.1, 0.15) is 5.75 Å². The molecule has 0 aromatic heterocycles. The third kappa shape index (κ3) is 2.97. The molecule has 3 heteroatoms. The number of ether oxygens (including phenoxy) is 1. The standard InChI is InChI=1S/C17H24O3/c1-3-17(4-2,16(18)19)10-11-20-15-9-8-13-6-5-7-14(13)12-15/h8-9,12H,3-7,10-11H2,1-2H3,(H,18,19). The maximum Gasteiger partial charge on any atom is 0.309 e. The largest absolute Gasteiger partial charge is 0.494 e. The molecule has 0 spiro atoms. The van der Waals surface area contributed by atoms with E-state index in [0.29, 0.717) is 25.9 Å². The zero-order chi connectivity index (χ0) is 14.6. The second kappa shape index (κ2) is 6.29. The van der Waals surface area contributed by atoms with Crippen molar-refractivity contribution in [3.63, 3.8) is 0 Å². The summed E-state index contributed by atoms with van der Waals surface area (Å²) in [5.41, 5.74) is 2.17. The van der Waals surface area contributed by atoms with E-state index >= 15 is 0 Å². The van der Waals surface area contributed by atoms with Crippen LogP contribution in [0.15, 0.2) is 18.2 Å². The quantitative estimate of drug-likeness (QED) is 0.823. The second-order valence-corrected chi connectivity index (χ2v) is 5.68. The molecule has 3 nitrogen and oxygen atoms in total. The van der Waals surface area contributed by atoms with Gasteiger partial charge < -0.3 is 9.84 Å². The van der Waals surface area contributed by atoms with Gasteiger partial charge in [-0.15, -0.1) is 0 Å². The summed E-state index contributed by atoms with van der Waals surface area (Å²) in [4.78, 5) is 11.4. The van der Waals surface area contributed by atoms with E-state index in [-0.39, 0.29) is 0 Å². The number of rotatable bonds is 7. The van der Waals surface area contributed by atoms with Gasteiger partial charge in [0.05, 0.1) is 12.0 Å². The van der Waals surface area contributed by atoms with Crippen LogP contribution in [0.25, 0.3) is 0 Å². The number of benzene rings is 1. The Morgan fingerprint density at radius 2 is 1.95 bits per heavy atom. The fraction of sp³-hybridized carbons (Fsp3) is 0.588. The minimum absolute atomic E-state index is 0.465. The van der Waals surface area contributed by atoms with Crippen LogP contribution in [0.4, 0.5) is 0 Å². The number of carboxylic acid groups (broad SMARTS) is 1.